The molecule has 156 valence electrons. The maximum atomic E-state index is 13.9. The molecule has 2 N–H and O–H groups in total. The smallest absolute Gasteiger partial charge is 0.263 e. The average molecular weight is 422 g/mol. The van der Waals surface area contributed by atoms with Crippen molar-refractivity contribution in [3.63, 3.8) is 0 Å². The minimum absolute atomic E-state index is 0.0683. The van der Waals surface area contributed by atoms with Crippen molar-refractivity contribution in [1.82, 2.24) is 15.6 Å². The van der Waals surface area contributed by atoms with E-state index in [0.29, 0.717) is 37.7 Å². The Hall–Kier alpha value is -2.22. The van der Waals surface area contributed by atoms with E-state index in [1.165, 1.54) is 12.1 Å². The second-order valence-corrected chi connectivity index (χ2v) is 7.83. The zero-order valence-corrected chi connectivity index (χ0v) is 17.2. The molecule has 0 bridgehead atoms. The summed E-state index contributed by atoms with van der Waals surface area (Å²) in [5, 5.41) is 6.29. The number of nitrogens with one attached hydrogen (secondary N) is 2. The van der Waals surface area contributed by atoms with Crippen LogP contribution in [-0.4, -0.2) is 42.7 Å². The molecule has 8 heteroatoms. The molecular weight excluding hydrogens is 397 g/mol. The molecule has 3 rings (SSSR count). The number of halogens is 2. The van der Waals surface area contributed by atoms with Crippen LogP contribution in [0.3, 0.4) is 0 Å². The van der Waals surface area contributed by atoms with Crippen molar-refractivity contribution in [3.8, 4) is 5.88 Å². The van der Waals surface area contributed by atoms with Gasteiger partial charge in [0.15, 0.2) is 5.60 Å². The number of hydrogen-bond donors (Lipinski definition) is 2. The Morgan fingerprint density at radius 2 is 2.24 bits per heavy atom. The Morgan fingerprint density at radius 3 is 2.97 bits per heavy atom. The normalized spacial score (nSPS) is 20.0. The largest absolute Gasteiger partial charge is 0.462 e. The van der Waals surface area contributed by atoms with Crippen LogP contribution in [-0.2, 0) is 9.53 Å². The van der Waals surface area contributed by atoms with Gasteiger partial charge in [-0.05, 0) is 37.6 Å². The molecule has 2 aromatic rings. The van der Waals surface area contributed by atoms with Crippen LogP contribution in [0.4, 0.5) is 4.39 Å². The van der Waals surface area contributed by atoms with Gasteiger partial charge in [0.05, 0.1) is 17.7 Å². The van der Waals surface area contributed by atoms with Crippen LogP contribution in [0.2, 0.25) is 5.02 Å². The van der Waals surface area contributed by atoms with E-state index in [1.807, 2.05) is 0 Å². The van der Waals surface area contributed by atoms with E-state index in [4.69, 9.17) is 21.1 Å². The lowest BCUT2D eigenvalue weighted by Crippen LogP contribution is -2.49. The van der Waals surface area contributed by atoms with Crippen LogP contribution in [0.5, 0.6) is 5.88 Å². The van der Waals surface area contributed by atoms with Crippen LogP contribution in [0.1, 0.15) is 25.5 Å². The fraction of sp³-hybridized carbons (Fsp3) is 0.429. The van der Waals surface area contributed by atoms with Gasteiger partial charge < -0.3 is 20.1 Å². The number of nitrogens with zero attached hydrogens (tertiary/aromatic N) is 1. The van der Waals surface area contributed by atoms with E-state index in [0.717, 1.165) is 0 Å². The summed E-state index contributed by atoms with van der Waals surface area (Å²) in [5.74, 6) is -0.472. The zero-order valence-electron chi connectivity index (χ0n) is 16.5. The molecule has 1 saturated heterocycles. The molecule has 0 saturated carbocycles. The summed E-state index contributed by atoms with van der Waals surface area (Å²) in [4.78, 5) is 16.8. The average Bonchev–Trinajstić information content (AvgIpc) is 2.94. The summed E-state index contributed by atoms with van der Waals surface area (Å²) in [5.41, 5.74) is -0.409. The third-order valence-electron chi connectivity index (χ3n) is 4.75. The minimum atomic E-state index is -1.10. The van der Waals surface area contributed by atoms with E-state index in [1.54, 1.807) is 44.3 Å². The number of amides is 1. The van der Waals surface area contributed by atoms with Crippen molar-refractivity contribution < 1.29 is 18.7 Å². The highest BCUT2D eigenvalue weighted by molar-refractivity contribution is 6.30. The van der Waals surface area contributed by atoms with Crippen LogP contribution in [0.15, 0.2) is 42.6 Å². The number of aromatic nitrogens is 1. The highest BCUT2D eigenvalue weighted by Gasteiger charge is 2.33. The van der Waals surface area contributed by atoms with E-state index >= 15 is 0 Å². The van der Waals surface area contributed by atoms with Gasteiger partial charge in [0.2, 0.25) is 5.88 Å². The van der Waals surface area contributed by atoms with Gasteiger partial charge >= 0.3 is 0 Å². The molecular formula is C21H25ClFN3O3. The topological polar surface area (TPSA) is 72.5 Å². The maximum absolute atomic E-state index is 13.9. The van der Waals surface area contributed by atoms with E-state index < -0.39 is 11.4 Å². The zero-order chi connectivity index (χ0) is 20.9. The first kappa shape index (κ1) is 21.5. The first-order chi connectivity index (χ1) is 13.9. The first-order valence-electron chi connectivity index (χ1n) is 9.52. The molecule has 1 amide bonds. The number of carbonyl (C=O) groups is 1. The highest BCUT2D eigenvalue weighted by atomic mass is 35.5. The summed E-state index contributed by atoms with van der Waals surface area (Å²) in [7, 11) is 0. The minimum Gasteiger partial charge on any atom is -0.462 e. The number of pyridine rings is 1. The Balaban J connectivity index is 1.67. The van der Waals surface area contributed by atoms with Gasteiger partial charge in [-0.1, -0.05) is 23.7 Å². The standard InChI is InChI=1S/C21H25ClFN3O3/c1-21(2,29-18-5-3-4-8-25-18)20(27)26-13-15-12-24-9-10-28-19(15)14-6-7-16(22)17(23)11-14/h3-8,11,15,19,24H,9-10,12-13H2,1-2H3,(H,26,27)/t15-,19-/m0/s1. The summed E-state index contributed by atoms with van der Waals surface area (Å²) in [6.07, 6.45) is 1.24. The predicted octanol–water partition coefficient (Wildman–Crippen LogP) is 3.13. The summed E-state index contributed by atoms with van der Waals surface area (Å²) in [6.45, 7) is 5.52. The third kappa shape index (κ3) is 5.65. The van der Waals surface area contributed by atoms with Crippen molar-refractivity contribution in [2.24, 2.45) is 5.92 Å². The lowest BCUT2D eigenvalue weighted by molar-refractivity contribution is -0.134. The van der Waals surface area contributed by atoms with Gasteiger partial charge in [-0.25, -0.2) is 9.37 Å². The highest BCUT2D eigenvalue weighted by Crippen LogP contribution is 2.29. The van der Waals surface area contributed by atoms with Crippen LogP contribution in [0, 0.1) is 11.7 Å². The molecule has 1 aromatic heterocycles. The Kier molecular flexibility index (Phi) is 7.05. The summed E-state index contributed by atoms with van der Waals surface area (Å²) in [6, 6.07) is 9.93. The summed E-state index contributed by atoms with van der Waals surface area (Å²) >= 11 is 5.80. The molecule has 29 heavy (non-hydrogen) atoms. The van der Waals surface area contributed by atoms with Crippen molar-refractivity contribution >= 4 is 17.5 Å². The molecule has 1 fully saturated rings. The van der Waals surface area contributed by atoms with Gasteiger partial charge in [0, 0.05) is 37.8 Å². The maximum Gasteiger partial charge on any atom is 0.263 e. The summed E-state index contributed by atoms with van der Waals surface area (Å²) < 4.78 is 25.6. The van der Waals surface area contributed by atoms with Crippen molar-refractivity contribution in [3.05, 3.63) is 59.0 Å². The van der Waals surface area contributed by atoms with Crippen LogP contribution >= 0.6 is 11.6 Å². The monoisotopic (exact) mass is 421 g/mol. The molecule has 1 aliphatic heterocycles. The van der Waals surface area contributed by atoms with Crippen LogP contribution in [0.25, 0.3) is 0 Å². The number of ether oxygens (including phenoxy) is 2. The number of benzene rings is 1. The Bertz CT molecular complexity index is 835. The molecule has 0 spiro atoms. The van der Waals surface area contributed by atoms with Gasteiger partial charge in [0.1, 0.15) is 5.82 Å². The second-order valence-electron chi connectivity index (χ2n) is 7.42. The molecule has 2 atom stereocenters. The number of rotatable bonds is 6. The molecule has 2 heterocycles. The lowest BCUT2D eigenvalue weighted by Gasteiger charge is -2.28. The van der Waals surface area contributed by atoms with Gasteiger partial charge in [-0.3, -0.25) is 4.79 Å². The van der Waals surface area contributed by atoms with Gasteiger partial charge in [0.25, 0.3) is 5.91 Å². The Labute approximate surface area is 174 Å². The number of carbonyl (C=O) groups excluding carboxylic acids is 1. The third-order valence-corrected chi connectivity index (χ3v) is 5.06. The van der Waals surface area contributed by atoms with Crippen molar-refractivity contribution in [2.45, 2.75) is 25.6 Å². The number of hydrogen-bond acceptors (Lipinski definition) is 5. The van der Waals surface area contributed by atoms with Gasteiger partial charge in [-0.2, -0.15) is 0 Å². The SMILES string of the molecule is CC(C)(Oc1ccccn1)C(=O)NC[C@@H]1CNCCO[C@H]1c1ccc(Cl)c(F)c1. The lowest BCUT2D eigenvalue weighted by atomic mass is 9.95. The molecule has 1 aromatic carbocycles. The molecule has 0 aliphatic carbocycles. The molecule has 1 aliphatic rings. The van der Waals surface area contributed by atoms with Crippen molar-refractivity contribution in [1.29, 1.82) is 0 Å². The Morgan fingerprint density at radius 1 is 1.41 bits per heavy atom. The fourth-order valence-corrected chi connectivity index (χ4v) is 3.30. The second kappa shape index (κ2) is 9.52. The fourth-order valence-electron chi connectivity index (χ4n) is 3.18. The van der Waals surface area contributed by atoms with E-state index in [9.17, 15) is 9.18 Å². The molecule has 0 unspecified atom stereocenters. The molecule has 0 radical (unpaired) electrons. The molecule has 6 nitrogen and oxygen atoms in total. The van der Waals surface area contributed by atoms with Gasteiger partial charge in [-0.15, -0.1) is 0 Å². The van der Waals surface area contributed by atoms with Crippen molar-refractivity contribution in [2.75, 3.05) is 26.2 Å². The van der Waals surface area contributed by atoms with E-state index in [-0.39, 0.29) is 23.0 Å². The quantitative estimate of drug-likeness (QED) is 0.749. The van der Waals surface area contributed by atoms with E-state index in [2.05, 4.69) is 15.6 Å². The van der Waals surface area contributed by atoms with Crippen LogP contribution < -0.4 is 15.4 Å². The first-order valence-corrected chi connectivity index (χ1v) is 9.90. The predicted molar refractivity (Wildman–Crippen MR) is 108 cm³/mol.